The summed E-state index contributed by atoms with van der Waals surface area (Å²) in [5.41, 5.74) is 4.10. The van der Waals surface area contributed by atoms with Gasteiger partial charge in [0.15, 0.2) is 0 Å². The Morgan fingerprint density at radius 3 is 2.93 bits per heavy atom. The highest BCUT2D eigenvalue weighted by Crippen LogP contribution is 2.33. The lowest BCUT2D eigenvalue weighted by molar-refractivity contribution is 0.0693. The molecule has 1 N–H and O–H groups in total. The van der Waals surface area contributed by atoms with Gasteiger partial charge in [0.25, 0.3) is 5.91 Å². The van der Waals surface area contributed by atoms with Crippen LogP contribution in [0.15, 0.2) is 48.8 Å². The van der Waals surface area contributed by atoms with Gasteiger partial charge in [0.1, 0.15) is 5.69 Å². The van der Waals surface area contributed by atoms with E-state index in [2.05, 4.69) is 34.4 Å². The Bertz CT molecular complexity index is 898. The number of aromatic amines is 1. The summed E-state index contributed by atoms with van der Waals surface area (Å²) >= 11 is 0. The van der Waals surface area contributed by atoms with E-state index >= 15 is 0 Å². The van der Waals surface area contributed by atoms with Crippen LogP contribution in [0.4, 0.5) is 0 Å². The van der Waals surface area contributed by atoms with Gasteiger partial charge in [0.05, 0.1) is 6.20 Å². The molecule has 1 saturated heterocycles. The lowest BCUT2D eigenvalue weighted by atomic mass is 9.90. The van der Waals surface area contributed by atoms with Crippen LogP contribution >= 0.6 is 0 Å². The van der Waals surface area contributed by atoms with Crippen LogP contribution in [0.1, 0.15) is 48.3 Å². The largest absolute Gasteiger partial charge is 0.337 e. The van der Waals surface area contributed by atoms with Crippen LogP contribution in [0, 0.1) is 0 Å². The third kappa shape index (κ3) is 3.52. The van der Waals surface area contributed by atoms with Crippen molar-refractivity contribution < 1.29 is 4.79 Å². The molecule has 6 nitrogen and oxygen atoms in total. The first-order valence-corrected chi connectivity index (χ1v) is 9.67. The average Bonchev–Trinajstić information content (AvgIpc) is 3.38. The molecule has 1 unspecified atom stereocenters. The van der Waals surface area contributed by atoms with E-state index in [1.165, 1.54) is 0 Å². The summed E-state index contributed by atoms with van der Waals surface area (Å²) < 4.78 is 1.82. The van der Waals surface area contributed by atoms with E-state index in [0.717, 1.165) is 49.2 Å². The smallest absolute Gasteiger partial charge is 0.272 e. The second kappa shape index (κ2) is 7.78. The van der Waals surface area contributed by atoms with Gasteiger partial charge in [-0.25, -0.2) is 0 Å². The number of rotatable bonds is 5. The summed E-state index contributed by atoms with van der Waals surface area (Å²) in [4.78, 5) is 15.0. The van der Waals surface area contributed by atoms with Gasteiger partial charge in [-0.2, -0.15) is 10.2 Å². The predicted molar refractivity (Wildman–Crippen MR) is 104 cm³/mol. The van der Waals surface area contributed by atoms with Crippen LogP contribution in [0.25, 0.3) is 11.1 Å². The molecule has 2 aromatic heterocycles. The van der Waals surface area contributed by atoms with Crippen molar-refractivity contribution in [2.45, 2.75) is 38.6 Å². The Morgan fingerprint density at radius 2 is 2.11 bits per heavy atom. The zero-order chi connectivity index (χ0) is 18.6. The maximum absolute atomic E-state index is 13.1. The van der Waals surface area contributed by atoms with E-state index in [9.17, 15) is 4.79 Å². The first-order chi connectivity index (χ1) is 13.3. The Morgan fingerprint density at radius 1 is 1.26 bits per heavy atom. The average molecular weight is 363 g/mol. The molecular weight excluding hydrogens is 338 g/mol. The zero-order valence-electron chi connectivity index (χ0n) is 15.6. The summed E-state index contributed by atoms with van der Waals surface area (Å²) in [6, 6.07) is 12.1. The highest BCUT2D eigenvalue weighted by atomic mass is 16.2. The number of benzene rings is 1. The van der Waals surface area contributed by atoms with E-state index < -0.39 is 0 Å². The van der Waals surface area contributed by atoms with Gasteiger partial charge >= 0.3 is 0 Å². The molecule has 0 aliphatic carbocycles. The number of H-pyrrole nitrogens is 1. The molecule has 1 aliphatic rings. The number of piperidine rings is 1. The zero-order valence-corrected chi connectivity index (χ0v) is 15.6. The minimum atomic E-state index is 0.0754. The Labute approximate surface area is 159 Å². The number of carbonyl (C=O) groups excluding carboxylic acids is 1. The molecule has 27 heavy (non-hydrogen) atoms. The van der Waals surface area contributed by atoms with Crippen LogP contribution in [-0.2, 0) is 6.54 Å². The first kappa shape index (κ1) is 17.5. The highest BCUT2D eigenvalue weighted by Gasteiger charge is 2.29. The number of nitrogens with one attached hydrogen (secondary N) is 1. The molecule has 0 radical (unpaired) electrons. The number of hydrogen-bond acceptors (Lipinski definition) is 3. The van der Waals surface area contributed by atoms with Crippen molar-refractivity contribution in [2.75, 3.05) is 13.1 Å². The maximum Gasteiger partial charge on any atom is 0.272 e. The topological polar surface area (TPSA) is 66.8 Å². The molecular formula is C21H25N5O. The maximum atomic E-state index is 13.1. The van der Waals surface area contributed by atoms with Crippen molar-refractivity contribution in [3.63, 3.8) is 0 Å². The van der Waals surface area contributed by atoms with Gasteiger partial charge in [-0.3, -0.25) is 14.6 Å². The van der Waals surface area contributed by atoms with Crippen LogP contribution in [-0.4, -0.2) is 43.9 Å². The molecule has 3 heterocycles. The predicted octanol–water partition coefficient (Wildman–Crippen LogP) is 3.70. The lowest BCUT2D eigenvalue weighted by Crippen LogP contribution is -2.40. The van der Waals surface area contributed by atoms with E-state index in [4.69, 9.17) is 0 Å². The highest BCUT2D eigenvalue weighted by molar-refractivity contribution is 5.92. The summed E-state index contributed by atoms with van der Waals surface area (Å²) in [5.74, 6) is 0.342. The van der Waals surface area contributed by atoms with Gasteiger partial charge in [-0.15, -0.1) is 0 Å². The van der Waals surface area contributed by atoms with Crippen LogP contribution in [0.5, 0.6) is 0 Å². The molecule has 4 rings (SSSR count). The Balaban J connectivity index is 1.55. The van der Waals surface area contributed by atoms with E-state index in [1.807, 2.05) is 40.0 Å². The second-order valence-electron chi connectivity index (χ2n) is 7.09. The normalized spacial score (nSPS) is 17.2. The standard InChI is InChI=1S/C21H25N5O/c1-2-12-26-19(10-11-23-26)21(27)25-13-6-9-17(15-25)20-18(14-22-24-20)16-7-4-3-5-8-16/h3-5,7-8,10-11,14,17H,2,6,9,12-13,15H2,1H3,(H,22,24). The number of nitrogens with zero attached hydrogens (tertiary/aromatic N) is 4. The van der Waals surface area contributed by atoms with Gasteiger partial charge in [-0.05, 0) is 30.9 Å². The van der Waals surface area contributed by atoms with Crippen molar-refractivity contribution in [3.8, 4) is 11.1 Å². The Kier molecular flexibility index (Phi) is 5.05. The number of likely N-dealkylation sites (tertiary alicyclic amines) is 1. The number of carbonyl (C=O) groups is 1. The molecule has 1 aromatic carbocycles. The third-order valence-corrected chi connectivity index (χ3v) is 5.24. The van der Waals surface area contributed by atoms with Gasteiger partial charge in [-0.1, -0.05) is 37.3 Å². The van der Waals surface area contributed by atoms with Crippen LogP contribution < -0.4 is 0 Å². The monoisotopic (exact) mass is 363 g/mol. The molecule has 1 atom stereocenters. The molecule has 6 heteroatoms. The molecule has 140 valence electrons. The van der Waals surface area contributed by atoms with Crippen molar-refractivity contribution in [1.29, 1.82) is 0 Å². The molecule has 0 bridgehead atoms. The van der Waals surface area contributed by atoms with E-state index in [1.54, 1.807) is 6.20 Å². The van der Waals surface area contributed by atoms with Gasteiger partial charge in [0, 0.05) is 43.0 Å². The van der Waals surface area contributed by atoms with Gasteiger partial charge in [0.2, 0.25) is 0 Å². The minimum Gasteiger partial charge on any atom is -0.337 e. The summed E-state index contributed by atoms with van der Waals surface area (Å²) in [6.45, 7) is 4.36. The number of amides is 1. The van der Waals surface area contributed by atoms with Crippen molar-refractivity contribution in [3.05, 3.63) is 60.2 Å². The molecule has 1 aliphatic heterocycles. The minimum absolute atomic E-state index is 0.0754. The third-order valence-electron chi connectivity index (χ3n) is 5.24. The summed E-state index contributed by atoms with van der Waals surface area (Å²) in [7, 11) is 0. The van der Waals surface area contributed by atoms with E-state index in [0.29, 0.717) is 12.2 Å². The van der Waals surface area contributed by atoms with Crippen LogP contribution in [0.3, 0.4) is 0 Å². The van der Waals surface area contributed by atoms with Crippen molar-refractivity contribution in [1.82, 2.24) is 24.9 Å². The molecule has 1 fully saturated rings. The summed E-state index contributed by atoms with van der Waals surface area (Å²) in [5, 5.41) is 11.8. The van der Waals surface area contributed by atoms with Crippen molar-refractivity contribution in [2.24, 2.45) is 0 Å². The molecule has 0 saturated carbocycles. The van der Waals surface area contributed by atoms with E-state index in [-0.39, 0.29) is 11.8 Å². The molecule has 1 amide bonds. The molecule has 3 aromatic rings. The lowest BCUT2D eigenvalue weighted by Gasteiger charge is -2.32. The quantitative estimate of drug-likeness (QED) is 0.751. The fourth-order valence-electron chi connectivity index (χ4n) is 3.92. The first-order valence-electron chi connectivity index (χ1n) is 9.67. The second-order valence-corrected chi connectivity index (χ2v) is 7.09. The fraction of sp³-hybridized carbons (Fsp3) is 0.381. The summed E-state index contributed by atoms with van der Waals surface area (Å²) in [6.07, 6.45) is 6.61. The van der Waals surface area contributed by atoms with Crippen LogP contribution in [0.2, 0.25) is 0 Å². The van der Waals surface area contributed by atoms with Crippen molar-refractivity contribution >= 4 is 5.91 Å². The SMILES string of the molecule is CCCn1nccc1C(=O)N1CCCC(c2[nH]ncc2-c2ccccc2)C1. The number of hydrogen-bond donors (Lipinski definition) is 1. The molecule has 0 spiro atoms. The van der Waals surface area contributed by atoms with Gasteiger partial charge < -0.3 is 4.90 Å². The number of aromatic nitrogens is 4. The number of aryl methyl sites for hydroxylation is 1. The fourth-order valence-corrected chi connectivity index (χ4v) is 3.92. The Hall–Kier alpha value is -2.89.